The van der Waals surface area contributed by atoms with Gasteiger partial charge in [0.2, 0.25) is 0 Å². The lowest BCUT2D eigenvalue weighted by atomic mass is 10.0. The summed E-state index contributed by atoms with van der Waals surface area (Å²) in [5, 5.41) is 0. The first-order chi connectivity index (χ1) is 6.56. The van der Waals surface area contributed by atoms with E-state index in [1.54, 1.807) is 0 Å². The largest absolute Gasteiger partial charge is 0.324 e. The van der Waals surface area contributed by atoms with Crippen molar-refractivity contribution in [1.29, 1.82) is 0 Å². The van der Waals surface area contributed by atoms with Gasteiger partial charge >= 0.3 is 0 Å². The molecule has 0 spiro atoms. The van der Waals surface area contributed by atoms with Gasteiger partial charge < -0.3 is 5.73 Å². The first-order valence-corrected chi connectivity index (χ1v) is 4.02. The van der Waals surface area contributed by atoms with E-state index in [-0.39, 0.29) is 18.8 Å². The number of benzene rings is 1. The van der Waals surface area contributed by atoms with E-state index in [1.165, 1.54) is 0 Å². The van der Waals surface area contributed by atoms with Crippen LogP contribution in [0.2, 0.25) is 0 Å². The average Bonchev–Trinajstić information content (AvgIpc) is 2.01. The zero-order valence-corrected chi connectivity index (χ0v) is 8.46. The number of hydrogen-bond donors (Lipinski definition) is 1. The molecule has 0 aliphatic rings. The number of nitrogens with two attached hydrogens (primary N) is 1. The standard InChI is InChI=1S/C9H9F4N.ClH/c10-2-1-8(14)9-6(12)3-5(11)4-7(9)13;/h3-4,8H,1-2,14H2;1H/t8-;/m0./s1. The van der Waals surface area contributed by atoms with E-state index in [0.29, 0.717) is 12.1 Å². The third-order valence-electron chi connectivity index (χ3n) is 1.83. The van der Waals surface area contributed by atoms with Crippen LogP contribution in [0.3, 0.4) is 0 Å². The molecule has 1 aromatic carbocycles. The number of hydrogen-bond acceptors (Lipinski definition) is 1. The van der Waals surface area contributed by atoms with Crippen molar-refractivity contribution in [1.82, 2.24) is 0 Å². The van der Waals surface area contributed by atoms with Gasteiger partial charge in [0.05, 0.1) is 6.67 Å². The molecule has 0 heterocycles. The Bertz CT molecular complexity index is 309. The lowest BCUT2D eigenvalue weighted by Gasteiger charge is -2.11. The summed E-state index contributed by atoms with van der Waals surface area (Å²) < 4.78 is 50.3. The second-order valence-electron chi connectivity index (χ2n) is 2.87. The molecular formula is C9H10ClF4N. The summed E-state index contributed by atoms with van der Waals surface area (Å²) in [6.45, 7) is -0.780. The maximum atomic E-state index is 13.0. The fourth-order valence-electron chi connectivity index (χ4n) is 1.17. The van der Waals surface area contributed by atoms with Crippen LogP contribution in [0.15, 0.2) is 12.1 Å². The zero-order chi connectivity index (χ0) is 10.7. The zero-order valence-electron chi connectivity index (χ0n) is 7.64. The van der Waals surface area contributed by atoms with Crippen LogP contribution in [0.4, 0.5) is 17.6 Å². The van der Waals surface area contributed by atoms with Crippen LogP contribution in [0.5, 0.6) is 0 Å². The van der Waals surface area contributed by atoms with E-state index in [0.717, 1.165) is 0 Å². The molecule has 86 valence electrons. The highest BCUT2D eigenvalue weighted by atomic mass is 35.5. The maximum absolute atomic E-state index is 13.0. The van der Waals surface area contributed by atoms with Gasteiger partial charge in [-0.25, -0.2) is 13.2 Å². The van der Waals surface area contributed by atoms with E-state index in [2.05, 4.69) is 0 Å². The van der Waals surface area contributed by atoms with Crippen LogP contribution >= 0.6 is 12.4 Å². The quantitative estimate of drug-likeness (QED) is 0.812. The third kappa shape index (κ3) is 3.35. The van der Waals surface area contributed by atoms with Crippen molar-refractivity contribution in [3.8, 4) is 0 Å². The maximum Gasteiger partial charge on any atom is 0.133 e. The molecule has 2 N–H and O–H groups in total. The SMILES string of the molecule is Cl.N[C@@H](CCF)c1c(F)cc(F)cc1F. The molecule has 1 nitrogen and oxygen atoms in total. The monoisotopic (exact) mass is 243 g/mol. The second kappa shape index (κ2) is 5.92. The average molecular weight is 244 g/mol. The summed E-state index contributed by atoms with van der Waals surface area (Å²) in [5.74, 6) is -3.18. The molecule has 0 aliphatic carbocycles. The summed E-state index contributed by atoms with van der Waals surface area (Å²) in [7, 11) is 0. The summed E-state index contributed by atoms with van der Waals surface area (Å²) in [6.07, 6.45) is -0.195. The topological polar surface area (TPSA) is 26.0 Å². The van der Waals surface area contributed by atoms with Crippen molar-refractivity contribution >= 4 is 12.4 Å². The fraction of sp³-hybridized carbons (Fsp3) is 0.333. The Labute approximate surface area is 90.7 Å². The minimum absolute atomic E-state index is 0. The molecular weight excluding hydrogens is 234 g/mol. The Hall–Kier alpha value is -0.810. The first-order valence-electron chi connectivity index (χ1n) is 4.02. The highest BCUT2D eigenvalue weighted by Crippen LogP contribution is 2.22. The van der Waals surface area contributed by atoms with Crippen LogP contribution in [0.1, 0.15) is 18.0 Å². The van der Waals surface area contributed by atoms with Crippen molar-refractivity contribution < 1.29 is 17.6 Å². The molecule has 0 radical (unpaired) electrons. The van der Waals surface area contributed by atoms with E-state index < -0.39 is 35.7 Å². The summed E-state index contributed by atoms with van der Waals surface area (Å²) in [4.78, 5) is 0. The Kier molecular flexibility index (Phi) is 5.60. The fourth-order valence-corrected chi connectivity index (χ4v) is 1.17. The van der Waals surface area contributed by atoms with Gasteiger partial charge in [-0.15, -0.1) is 12.4 Å². The minimum Gasteiger partial charge on any atom is -0.324 e. The molecule has 0 saturated heterocycles. The van der Waals surface area contributed by atoms with Gasteiger partial charge in [-0.1, -0.05) is 0 Å². The molecule has 0 aliphatic heterocycles. The molecule has 0 saturated carbocycles. The van der Waals surface area contributed by atoms with Crippen molar-refractivity contribution in [2.24, 2.45) is 5.73 Å². The van der Waals surface area contributed by atoms with Crippen LogP contribution in [-0.4, -0.2) is 6.67 Å². The van der Waals surface area contributed by atoms with Gasteiger partial charge in [0.25, 0.3) is 0 Å². The summed E-state index contributed by atoms with van der Waals surface area (Å²) >= 11 is 0. The molecule has 15 heavy (non-hydrogen) atoms. The number of rotatable bonds is 3. The first kappa shape index (κ1) is 14.2. The Morgan fingerprint density at radius 1 is 1.13 bits per heavy atom. The van der Waals surface area contributed by atoms with Gasteiger partial charge in [0.15, 0.2) is 0 Å². The minimum atomic E-state index is -1.08. The smallest absolute Gasteiger partial charge is 0.133 e. The van der Waals surface area contributed by atoms with Gasteiger partial charge in [-0.3, -0.25) is 4.39 Å². The third-order valence-corrected chi connectivity index (χ3v) is 1.83. The Morgan fingerprint density at radius 2 is 1.60 bits per heavy atom. The van der Waals surface area contributed by atoms with E-state index in [1.807, 2.05) is 0 Å². The lowest BCUT2D eigenvalue weighted by molar-refractivity contribution is 0.423. The molecule has 0 bridgehead atoms. The molecule has 0 unspecified atom stereocenters. The van der Waals surface area contributed by atoms with Gasteiger partial charge in [0, 0.05) is 23.7 Å². The van der Waals surface area contributed by atoms with Gasteiger partial charge in [-0.2, -0.15) is 0 Å². The van der Waals surface area contributed by atoms with Gasteiger partial charge in [0.1, 0.15) is 17.5 Å². The van der Waals surface area contributed by atoms with Crippen molar-refractivity contribution in [3.05, 3.63) is 35.1 Å². The van der Waals surface area contributed by atoms with Crippen LogP contribution in [0.25, 0.3) is 0 Å². The van der Waals surface area contributed by atoms with Crippen molar-refractivity contribution in [3.63, 3.8) is 0 Å². The van der Waals surface area contributed by atoms with Crippen LogP contribution < -0.4 is 5.73 Å². The molecule has 6 heteroatoms. The van der Waals surface area contributed by atoms with E-state index >= 15 is 0 Å². The Balaban J connectivity index is 0.00000196. The van der Waals surface area contributed by atoms with Crippen molar-refractivity contribution in [2.75, 3.05) is 6.67 Å². The van der Waals surface area contributed by atoms with E-state index in [9.17, 15) is 17.6 Å². The molecule has 1 atom stereocenters. The lowest BCUT2D eigenvalue weighted by Crippen LogP contribution is -2.15. The number of halogens is 5. The van der Waals surface area contributed by atoms with Gasteiger partial charge in [-0.05, 0) is 6.42 Å². The second-order valence-corrected chi connectivity index (χ2v) is 2.87. The molecule has 1 rings (SSSR count). The van der Waals surface area contributed by atoms with Crippen LogP contribution in [-0.2, 0) is 0 Å². The normalized spacial score (nSPS) is 12.1. The highest BCUT2D eigenvalue weighted by molar-refractivity contribution is 5.85. The molecule has 1 aromatic rings. The summed E-state index contributed by atoms with van der Waals surface area (Å²) in [6, 6.07) is -0.0342. The predicted octanol–water partition coefficient (Wildman–Crippen LogP) is 2.89. The molecule has 0 fully saturated rings. The van der Waals surface area contributed by atoms with E-state index in [4.69, 9.17) is 5.73 Å². The number of alkyl halides is 1. The predicted molar refractivity (Wildman–Crippen MR) is 51.1 cm³/mol. The molecule has 0 amide bonds. The van der Waals surface area contributed by atoms with Crippen LogP contribution in [0, 0.1) is 17.5 Å². The van der Waals surface area contributed by atoms with Crippen molar-refractivity contribution in [2.45, 2.75) is 12.5 Å². The molecule has 0 aromatic heterocycles. The Morgan fingerprint density at radius 3 is 2.00 bits per heavy atom. The highest BCUT2D eigenvalue weighted by Gasteiger charge is 2.17. The summed E-state index contributed by atoms with van der Waals surface area (Å²) in [5.41, 5.74) is 4.85.